The molecule has 2 aromatic rings. The molecule has 25 heavy (non-hydrogen) atoms. The van der Waals surface area contributed by atoms with E-state index in [2.05, 4.69) is 22.3 Å². The molecule has 1 aliphatic heterocycles. The number of ether oxygens (including phenoxy) is 1. The summed E-state index contributed by atoms with van der Waals surface area (Å²) < 4.78 is 10.8. The highest BCUT2D eigenvalue weighted by molar-refractivity contribution is 5.81. The zero-order valence-corrected chi connectivity index (χ0v) is 14.4. The van der Waals surface area contributed by atoms with Crippen LogP contribution in [0.4, 0.5) is 0 Å². The van der Waals surface area contributed by atoms with E-state index in [9.17, 15) is 9.90 Å². The molecule has 3 rings (SSSR count). The lowest BCUT2D eigenvalue weighted by Crippen LogP contribution is -2.51. The average molecular weight is 344 g/mol. The summed E-state index contributed by atoms with van der Waals surface area (Å²) >= 11 is 0. The molecule has 1 aromatic carbocycles. The van der Waals surface area contributed by atoms with E-state index in [-0.39, 0.29) is 12.5 Å². The van der Waals surface area contributed by atoms with Gasteiger partial charge in [-0.25, -0.2) is 0 Å². The monoisotopic (exact) mass is 344 g/mol. The highest BCUT2D eigenvalue weighted by Gasteiger charge is 2.31. The van der Waals surface area contributed by atoms with Crippen LogP contribution in [0.1, 0.15) is 18.2 Å². The number of rotatable bonds is 6. The van der Waals surface area contributed by atoms with Crippen molar-refractivity contribution in [3.63, 3.8) is 0 Å². The van der Waals surface area contributed by atoms with Gasteiger partial charge in [0.2, 0.25) is 0 Å². The second-order valence-corrected chi connectivity index (χ2v) is 6.55. The third-order valence-corrected chi connectivity index (χ3v) is 4.35. The SMILES string of the molecule is CC(O)(CNC(=O)C1CN(Cc2ccccc2)CCO1)c1ccco1. The van der Waals surface area contributed by atoms with Gasteiger partial charge in [0, 0.05) is 19.6 Å². The number of benzene rings is 1. The Morgan fingerprint density at radius 1 is 1.32 bits per heavy atom. The predicted octanol–water partition coefficient (Wildman–Crippen LogP) is 1.50. The molecule has 2 N–H and O–H groups in total. The van der Waals surface area contributed by atoms with Crippen molar-refractivity contribution < 1.29 is 19.1 Å². The van der Waals surface area contributed by atoms with Crippen molar-refractivity contribution in [3.05, 3.63) is 60.1 Å². The molecule has 0 spiro atoms. The summed E-state index contributed by atoms with van der Waals surface area (Å²) in [6.45, 7) is 4.30. The minimum absolute atomic E-state index is 0.0674. The van der Waals surface area contributed by atoms with Crippen LogP contribution in [-0.2, 0) is 21.7 Å². The molecule has 2 atom stereocenters. The first-order valence-corrected chi connectivity index (χ1v) is 8.46. The van der Waals surface area contributed by atoms with E-state index < -0.39 is 11.7 Å². The maximum atomic E-state index is 12.4. The van der Waals surface area contributed by atoms with Crippen LogP contribution in [0.5, 0.6) is 0 Å². The lowest BCUT2D eigenvalue weighted by molar-refractivity contribution is -0.140. The molecule has 0 radical (unpaired) electrons. The van der Waals surface area contributed by atoms with Gasteiger partial charge in [0.15, 0.2) is 0 Å². The van der Waals surface area contributed by atoms with E-state index in [0.29, 0.717) is 18.9 Å². The molecule has 6 heteroatoms. The van der Waals surface area contributed by atoms with E-state index in [1.807, 2.05) is 18.2 Å². The van der Waals surface area contributed by atoms with Crippen LogP contribution in [0.3, 0.4) is 0 Å². The van der Waals surface area contributed by atoms with E-state index in [1.54, 1.807) is 19.1 Å². The number of nitrogens with zero attached hydrogens (tertiary/aromatic N) is 1. The number of nitrogens with one attached hydrogen (secondary N) is 1. The molecule has 0 aliphatic carbocycles. The third-order valence-electron chi connectivity index (χ3n) is 4.35. The van der Waals surface area contributed by atoms with Crippen molar-refractivity contribution in [2.45, 2.75) is 25.2 Å². The summed E-state index contributed by atoms with van der Waals surface area (Å²) in [5.74, 6) is 0.202. The molecule has 2 heterocycles. The largest absolute Gasteiger partial charge is 0.466 e. The van der Waals surface area contributed by atoms with Crippen molar-refractivity contribution in [1.82, 2.24) is 10.2 Å². The van der Waals surface area contributed by atoms with Crippen LogP contribution < -0.4 is 5.32 Å². The maximum Gasteiger partial charge on any atom is 0.250 e. The van der Waals surface area contributed by atoms with Gasteiger partial charge in [0.1, 0.15) is 17.5 Å². The van der Waals surface area contributed by atoms with Gasteiger partial charge in [-0.3, -0.25) is 9.69 Å². The minimum atomic E-state index is -1.25. The van der Waals surface area contributed by atoms with Crippen LogP contribution in [0.2, 0.25) is 0 Å². The van der Waals surface area contributed by atoms with Gasteiger partial charge in [-0.1, -0.05) is 30.3 Å². The van der Waals surface area contributed by atoms with Crippen molar-refractivity contribution in [2.24, 2.45) is 0 Å². The van der Waals surface area contributed by atoms with Crippen molar-refractivity contribution >= 4 is 5.91 Å². The Morgan fingerprint density at radius 2 is 2.12 bits per heavy atom. The van der Waals surface area contributed by atoms with Gasteiger partial charge in [-0.2, -0.15) is 0 Å². The molecule has 1 aromatic heterocycles. The first-order valence-electron chi connectivity index (χ1n) is 8.46. The quantitative estimate of drug-likeness (QED) is 0.831. The van der Waals surface area contributed by atoms with Crippen LogP contribution in [-0.4, -0.2) is 48.3 Å². The van der Waals surface area contributed by atoms with Gasteiger partial charge >= 0.3 is 0 Å². The number of amides is 1. The molecule has 1 fully saturated rings. The van der Waals surface area contributed by atoms with Crippen molar-refractivity contribution in [1.29, 1.82) is 0 Å². The first kappa shape index (κ1) is 17.7. The molecule has 1 amide bonds. The first-order chi connectivity index (χ1) is 12.0. The minimum Gasteiger partial charge on any atom is -0.466 e. The molecule has 2 unspecified atom stereocenters. The number of carbonyl (C=O) groups is 1. The van der Waals surface area contributed by atoms with Crippen LogP contribution >= 0.6 is 0 Å². The molecular formula is C19H24N2O4. The van der Waals surface area contributed by atoms with E-state index in [4.69, 9.17) is 9.15 Å². The molecular weight excluding hydrogens is 320 g/mol. The number of carbonyl (C=O) groups excluding carboxylic acids is 1. The Bertz CT molecular complexity index is 670. The molecule has 6 nitrogen and oxygen atoms in total. The lowest BCUT2D eigenvalue weighted by Gasteiger charge is -2.32. The number of hydrogen-bond donors (Lipinski definition) is 2. The number of furan rings is 1. The molecule has 1 saturated heterocycles. The summed E-state index contributed by atoms with van der Waals surface area (Å²) in [6.07, 6.45) is 0.960. The molecule has 134 valence electrons. The predicted molar refractivity (Wildman–Crippen MR) is 92.7 cm³/mol. The third kappa shape index (κ3) is 4.69. The highest BCUT2D eigenvalue weighted by atomic mass is 16.5. The summed E-state index contributed by atoms with van der Waals surface area (Å²) in [6, 6.07) is 13.6. The summed E-state index contributed by atoms with van der Waals surface area (Å²) in [5, 5.41) is 13.2. The average Bonchev–Trinajstić information content (AvgIpc) is 3.16. The fourth-order valence-corrected chi connectivity index (χ4v) is 2.89. The molecule has 0 bridgehead atoms. The van der Waals surface area contributed by atoms with Crippen molar-refractivity contribution in [2.75, 3.05) is 26.2 Å². The lowest BCUT2D eigenvalue weighted by atomic mass is 10.0. The zero-order chi connectivity index (χ0) is 17.7. The van der Waals surface area contributed by atoms with Crippen LogP contribution in [0, 0.1) is 0 Å². The van der Waals surface area contributed by atoms with E-state index in [1.165, 1.54) is 11.8 Å². The Morgan fingerprint density at radius 3 is 2.84 bits per heavy atom. The van der Waals surface area contributed by atoms with E-state index in [0.717, 1.165) is 13.1 Å². The van der Waals surface area contributed by atoms with Gasteiger partial charge < -0.3 is 19.6 Å². The number of aliphatic hydroxyl groups is 1. The van der Waals surface area contributed by atoms with Crippen LogP contribution in [0.15, 0.2) is 53.1 Å². The number of morpholine rings is 1. The maximum absolute atomic E-state index is 12.4. The van der Waals surface area contributed by atoms with Crippen LogP contribution in [0.25, 0.3) is 0 Å². The van der Waals surface area contributed by atoms with Gasteiger partial charge in [-0.15, -0.1) is 0 Å². The second kappa shape index (κ2) is 7.82. The second-order valence-electron chi connectivity index (χ2n) is 6.55. The standard InChI is InChI=1S/C19H24N2O4/c1-19(23,17-8-5-10-25-17)14-20-18(22)16-13-21(9-11-24-16)12-15-6-3-2-4-7-15/h2-8,10,16,23H,9,11-14H2,1H3,(H,20,22). The van der Waals surface area contributed by atoms with E-state index >= 15 is 0 Å². The van der Waals surface area contributed by atoms with Gasteiger partial charge in [0.05, 0.1) is 19.4 Å². The van der Waals surface area contributed by atoms with Crippen molar-refractivity contribution in [3.8, 4) is 0 Å². The Hall–Kier alpha value is -2.15. The fourth-order valence-electron chi connectivity index (χ4n) is 2.89. The summed E-state index contributed by atoms with van der Waals surface area (Å²) in [4.78, 5) is 14.6. The topological polar surface area (TPSA) is 74.9 Å². The number of hydrogen-bond acceptors (Lipinski definition) is 5. The van der Waals surface area contributed by atoms with Gasteiger partial charge in [0.25, 0.3) is 5.91 Å². The fraction of sp³-hybridized carbons (Fsp3) is 0.421. The normalized spacial score (nSPS) is 20.8. The van der Waals surface area contributed by atoms with Gasteiger partial charge in [-0.05, 0) is 24.6 Å². The Labute approximate surface area is 147 Å². The Kier molecular flexibility index (Phi) is 5.53. The summed E-state index contributed by atoms with van der Waals surface area (Å²) in [7, 11) is 0. The smallest absolute Gasteiger partial charge is 0.250 e. The highest BCUT2D eigenvalue weighted by Crippen LogP contribution is 2.20. The molecule has 1 aliphatic rings. The molecule has 0 saturated carbocycles. The Balaban J connectivity index is 1.52. The zero-order valence-electron chi connectivity index (χ0n) is 14.4. The summed E-state index contributed by atoms with van der Waals surface area (Å²) in [5.41, 5.74) is -0.0401.